The lowest BCUT2D eigenvalue weighted by molar-refractivity contribution is 0.174. The summed E-state index contributed by atoms with van der Waals surface area (Å²) in [6.07, 6.45) is 2.05. The topological polar surface area (TPSA) is 51.0 Å². The van der Waals surface area contributed by atoms with E-state index in [2.05, 4.69) is 41.8 Å². The first kappa shape index (κ1) is 16.7. The van der Waals surface area contributed by atoms with Gasteiger partial charge in [-0.25, -0.2) is 0 Å². The highest BCUT2D eigenvalue weighted by Gasteiger charge is 2.14. The SMILES string of the molecule is CN=C(NCc1ccc2c(c1)OCO2)N(C)Cc1cc(Br)cn1C. The van der Waals surface area contributed by atoms with Gasteiger partial charge in [-0.05, 0) is 39.7 Å². The van der Waals surface area contributed by atoms with Gasteiger partial charge in [-0.3, -0.25) is 4.99 Å². The van der Waals surface area contributed by atoms with E-state index < -0.39 is 0 Å². The van der Waals surface area contributed by atoms with Crippen molar-refractivity contribution in [3.8, 4) is 11.5 Å². The van der Waals surface area contributed by atoms with E-state index in [9.17, 15) is 0 Å². The van der Waals surface area contributed by atoms with Gasteiger partial charge in [-0.1, -0.05) is 6.07 Å². The second-order valence-electron chi connectivity index (χ2n) is 5.71. The summed E-state index contributed by atoms with van der Waals surface area (Å²) in [6, 6.07) is 8.08. The van der Waals surface area contributed by atoms with Gasteiger partial charge in [0.15, 0.2) is 17.5 Å². The number of hydrogen-bond acceptors (Lipinski definition) is 3. The van der Waals surface area contributed by atoms with Crippen LogP contribution in [0.4, 0.5) is 0 Å². The minimum Gasteiger partial charge on any atom is -0.454 e. The summed E-state index contributed by atoms with van der Waals surface area (Å²) in [7, 11) is 5.85. The zero-order valence-electron chi connectivity index (χ0n) is 14.0. The lowest BCUT2D eigenvalue weighted by Gasteiger charge is -2.22. The van der Waals surface area contributed by atoms with E-state index in [0.717, 1.165) is 34.0 Å². The summed E-state index contributed by atoms with van der Waals surface area (Å²) in [5.41, 5.74) is 2.32. The summed E-state index contributed by atoms with van der Waals surface area (Å²) >= 11 is 3.51. The molecular weight excluding hydrogens is 372 g/mol. The fraction of sp³-hybridized carbons (Fsp3) is 0.353. The van der Waals surface area contributed by atoms with Crippen LogP contribution in [0.2, 0.25) is 0 Å². The number of hydrogen-bond donors (Lipinski definition) is 1. The molecule has 0 saturated heterocycles. The van der Waals surface area contributed by atoms with Crippen LogP contribution in [0.5, 0.6) is 11.5 Å². The predicted octanol–water partition coefficient (Wildman–Crippen LogP) is 2.72. The maximum Gasteiger partial charge on any atom is 0.231 e. The van der Waals surface area contributed by atoms with Gasteiger partial charge in [0.05, 0.1) is 6.54 Å². The number of fused-ring (bicyclic) bond motifs is 1. The highest BCUT2D eigenvalue weighted by Crippen LogP contribution is 2.32. The third-order valence-corrected chi connectivity index (χ3v) is 4.37. The second-order valence-corrected chi connectivity index (χ2v) is 6.62. The minimum absolute atomic E-state index is 0.294. The molecule has 24 heavy (non-hydrogen) atoms. The van der Waals surface area contributed by atoms with Crippen LogP contribution in [0.3, 0.4) is 0 Å². The van der Waals surface area contributed by atoms with Crippen molar-refractivity contribution < 1.29 is 9.47 Å². The van der Waals surface area contributed by atoms with Crippen molar-refractivity contribution in [1.82, 2.24) is 14.8 Å². The second kappa shape index (κ2) is 7.17. The molecule has 1 aromatic carbocycles. The number of aryl methyl sites for hydroxylation is 1. The summed E-state index contributed by atoms with van der Waals surface area (Å²) < 4.78 is 13.9. The van der Waals surface area contributed by atoms with Crippen molar-refractivity contribution in [3.63, 3.8) is 0 Å². The lowest BCUT2D eigenvalue weighted by Crippen LogP contribution is -2.38. The minimum atomic E-state index is 0.294. The Morgan fingerprint density at radius 3 is 2.83 bits per heavy atom. The summed E-state index contributed by atoms with van der Waals surface area (Å²) in [5.74, 6) is 2.44. The first-order valence-corrected chi connectivity index (χ1v) is 8.47. The number of aliphatic imine (C=N–C) groups is 1. The fourth-order valence-corrected chi connectivity index (χ4v) is 3.23. The molecule has 0 bridgehead atoms. The molecule has 2 heterocycles. The van der Waals surface area contributed by atoms with Crippen LogP contribution < -0.4 is 14.8 Å². The lowest BCUT2D eigenvalue weighted by atomic mass is 10.2. The van der Waals surface area contributed by atoms with E-state index in [0.29, 0.717) is 13.3 Å². The molecule has 6 nitrogen and oxygen atoms in total. The third-order valence-electron chi connectivity index (χ3n) is 3.93. The van der Waals surface area contributed by atoms with E-state index in [-0.39, 0.29) is 0 Å². The highest BCUT2D eigenvalue weighted by atomic mass is 79.9. The van der Waals surface area contributed by atoms with Crippen LogP contribution in [0.25, 0.3) is 0 Å². The zero-order valence-corrected chi connectivity index (χ0v) is 15.6. The predicted molar refractivity (Wildman–Crippen MR) is 97.3 cm³/mol. The molecule has 0 saturated carbocycles. The Morgan fingerprint density at radius 1 is 1.33 bits per heavy atom. The Bertz CT molecular complexity index is 757. The van der Waals surface area contributed by atoms with Crippen LogP contribution in [0.1, 0.15) is 11.3 Å². The molecule has 2 aromatic rings. The molecular formula is C17H21BrN4O2. The number of nitrogens with zero attached hydrogens (tertiary/aromatic N) is 3. The van der Waals surface area contributed by atoms with E-state index in [1.807, 2.05) is 38.5 Å². The molecule has 128 valence electrons. The summed E-state index contributed by atoms with van der Waals surface area (Å²) in [5, 5.41) is 3.38. The molecule has 0 aliphatic carbocycles. The highest BCUT2D eigenvalue weighted by molar-refractivity contribution is 9.10. The van der Waals surface area contributed by atoms with Crippen molar-refractivity contribution in [2.75, 3.05) is 20.9 Å². The zero-order chi connectivity index (χ0) is 17.1. The largest absolute Gasteiger partial charge is 0.454 e. The van der Waals surface area contributed by atoms with Gasteiger partial charge in [-0.2, -0.15) is 0 Å². The number of benzene rings is 1. The molecule has 0 amide bonds. The van der Waals surface area contributed by atoms with Gasteiger partial charge < -0.3 is 24.3 Å². The molecule has 1 aromatic heterocycles. The monoisotopic (exact) mass is 392 g/mol. The summed E-state index contributed by atoms with van der Waals surface area (Å²) in [6.45, 7) is 1.73. The van der Waals surface area contributed by atoms with Crippen LogP contribution in [0.15, 0.2) is 39.9 Å². The molecule has 0 radical (unpaired) electrons. The summed E-state index contributed by atoms with van der Waals surface area (Å²) in [4.78, 5) is 6.45. The number of nitrogens with one attached hydrogen (secondary N) is 1. The van der Waals surface area contributed by atoms with Crippen molar-refractivity contribution >= 4 is 21.9 Å². The molecule has 0 atom stereocenters. The maximum atomic E-state index is 5.42. The molecule has 1 aliphatic heterocycles. The number of aromatic nitrogens is 1. The van der Waals surface area contributed by atoms with Crippen molar-refractivity contribution in [3.05, 3.63) is 46.2 Å². The Morgan fingerprint density at radius 2 is 2.12 bits per heavy atom. The van der Waals surface area contributed by atoms with E-state index in [1.165, 1.54) is 5.69 Å². The molecule has 1 N–H and O–H groups in total. The van der Waals surface area contributed by atoms with Gasteiger partial charge in [0.1, 0.15) is 0 Å². The normalized spacial score (nSPS) is 13.2. The third kappa shape index (κ3) is 3.67. The van der Waals surface area contributed by atoms with Crippen molar-refractivity contribution in [2.24, 2.45) is 12.0 Å². The average molecular weight is 393 g/mol. The first-order valence-electron chi connectivity index (χ1n) is 7.68. The maximum absolute atomic E-state index is 5.42. The molecule has 0 spiro atoms. The molecule has 1 aliphatic rings. The number of ether oxygens (including phenoxy) is 2. The van der Waals surface area contributed by atoms with Crippen LogP contribution in [-0.2, 0) is 20.1 Å². The van der Waals surface area contributed by atoms with Crippen molar-refractivity contribution in [1.29, 1.82) is 0 Å². The van der Waals surface area contributed by atoms with Crippen LogP contribution >= 0.6 is 15.9 Å². The number of guanidine groups is 1. The van der Waals surface area contributed by atoms with Gasteiger partial charge in [0, 0.05) is 44.1 Å². The molecule has 0 fully saturated rings. The van der Waals surface area contributed by atoms with Crippen LogP contribution in [0, 0.1) is 0 Å². The first-order chi connectivity index (χ1) is 11.6. The van der Waals surface area contributed by atoms with Crippen LogP contribution in [-0.4, -0.2) is 36.3 Å². The van der Waals surface area contributed by atoms with Gasteiger partial charge in [0.25, 0.3) is 0 Å². The average Bonchev–Trinajstić information content (AvgIpc) is 3.13. The van der Waals surface area contributed by atoms with Gasteiger partial charge in [-0.15, -0.1) is 0 Å². The van der Waals surface area contributed by atoms with E-state index >= 15 is 0 Å². The van der Waals surface area contributed by atoms with Crippen molar-refractivity contribution in [2.45, 2.75) is 13.1 Å². The van der Waals surface area contributed by atoms with Gasteiger partial charge >= 0.3 is 0 Å². The number of rotatable bonds is 4. The Kier molecular flexibility index (Phi) is 4.99. The smallest absolute Gasteiger partial charge is 0.231 e. The quantitative estimate of drug-likeness (QED) is 0.641. The standard InChI is InChI=1S/C17H21BrN4O2/c1-19-17(22(3)10-14-7-13(18)9-21(14)2)20-8-12-4-5-15-16(6-12)24-11-23-15/h4-7,9H,8,10-11H2,1-3H3,(H,19,20). The Balaban J connectivity index is 1.61. The Labute approximate surface area is 150 Å². The van der Waals surface area contributed by atoms with E-state index in [4.69, 9.17) is 9.47 Å². The number of halogens is 1. The molecule has 0 unspecified atom stereocenters. The van der Waals surface area contributed by atoms with Gasteiger partial charge in [0.2, 0.25) is 6.79 Å². The Hall–Kier alpha value is -2.15. The molecule has 7 heteroatoms. The van der Waals surface area contributed by atoms with E-state index in [1.54, 1.807) is 7.05 Å². The molecule has 3 rings (SSSR count). The fourth-order valence-electron chi connectivity index (χ4n) is 2.66.